The van der Waals surface area contributed by atoms with Crippen LogP contribution in [0.15, 0.2) is 164 Å². The van der Waals surface area contributed by atoms with Crippen molar-refractivity contribution >= 4 is 6.08 Å². The molecule has 7 aromatic carbocycles. The summed E-state index contributed by atoms with van der Waals surface area (Å²) < 4.78 is 0. The number of fused-ring (bicyclic) bond motifs is 3. The van der Waals surface area contributed by atoms with E-state index in [-0.39, 0.29) is 5.41 Å². The van der Waals surface area contributed by atoms with Crippen LogP contribution in [-0.4, -0.2) is 0 Å². The van der Waals surface area contributed by atoms with Crippen LogP contribution in [0.5, 0.6) is 0 Å². The summed E-state index contributed by atoms with van der Waals surface area (Å²) in [7, 11) is 0. The van der Waals surface area contributed by atoms with Crippen molar-refractivity contribution < 1.29 is 0 Å². The summed E-state index contributed by atoms with van der Waals surface area (Å²) in [6.45, 7) is 21.7. The van der Waals surface area contributed by atoms with Crippen molar-refractivity contribution in [1.29, 1.82) is 0 Å². The van der Waals surface area contributed by atoms with Gasteiger partial charge in [0.05, 0.1) is 0 Å². The summed E-state index contributed by atoms with van der Waals surface area (Å²) in [6, 6.07) is 56.4. The molecule has 284 valence electrons. The number of benzene rings is 7. The number of rotatable bonds is 4. The van der Waals surface area contributed by atoms with Gasteiger partial charge in [0.1, 0.15) is 0 Å². The van der Waals surface area contributed by atoms with Gasteiger partial charge in [-0.2, -0.15) is 0 Å². The van der Waals surface area contributed by atoms with Crippen LogP contribution in [-0.2, 0) is 5.41 Å². The van der Waals surface area contributed by atoms with E-state index in [0.29, 0.717) is 0 Å². The van der Waals surface area contributed by atoms with Crippen LogP contribution in [0.4, 0.5) is 0 Å². The van der Waals surface area contributed by atoms with Crippen molar-refractivity contribution in [2.24, 2.45) is 0 Å². The van der Waals surface area contributed by atoms with Crippen LogP contribution in [0.25, 0.3) is 39.5 Å². The molecule has 0 aromatic heterocycles. The van der Waals surface area contributed by atoms with E-state index in [9.17, 15) is 0 Å². The highest BCUT2D eigenvalue weighted by molar-refractivity contribution is 5.81. The lowest BCUT2D eigenvalue weighted by Crippen LogP contribution is -2.14. The van der Waals surface area contributed by atoms with Gasteiger partial charge in [-0.1, -0.05) is 213 Å². The predicted molar refractivity (Wildman–Crippen MR) is 247 cm³/mol. The summed E-state index contributed by atoms with van der Waals surface area (Å²) >= 11 is 0. The topological polar surface area (TPSA) is 0 Å². The van der Waals surface area contributed by atoms with Gasteiger partial charge in [-0.05, 0) is 122 Å². The van der Waals surface area contributed by atoms with Gasteiger partial charge in [-0.3, -0.25) is 0 Å². The molecule has 8 rings (SSSR count). The van der Waals surface area contributed by atoms with Gasteiger partial charge in [0, 0.05) is 5.41 Å². The predicted octanol–water partition coefficient (Wildman–Crippen LogP) is 16.0. The van der Waals surface area contributed by atoms with Crippen LogP contribution in [0.2, 0.25) is 0 Å². The summed E-state index contributed by atoms with van der Waals surface area (Å²) in [6.07, 6.45) is 5.50. The maximum Gasteiger partial charge on any atom is 0.0158 e. The second kappa shape index (κ2) is 19.2. The summed E-state index contributed by atoms with van der Waals surface area (Å²) in [5.41, 5.74) is 21.8. The number of hydrogen-bond donors (Lipinski definition) is 0. The Morgan fingerprint density at radius 2 is 0.821 bits per heavy atom. The average molecular weight is 733 g/mol. The van der Waals surface area contributed by atoms with E-state index in [1.807, 2.05) is 0 Å². The first-order valence-corrected chi connectivity index (χ1v) is 20.1. The first kappa shape index (κ1) is 41.4. The molecule has 1 aliphatic carbocycles. The number of allylic oxidation sites excluding steroid dienone is 1. The third kappa shape index (κ3) is 10.5. The van der Waals surface area contributed by atoms with Crippen molar-refractivity contribution in [3.63, 3.8) is 0 Å². The third-order valence-electron chi connectivity index (χ3n) is 10.7. The minimum atomic E-state index is 0.152. The zero-order chi connectivity index (χ0) is 40.2. The van der Waals surface area contributed by atoms with E-state index in [1.54, 1.807) is 0 Å². The second-order valence-electron chi connectivity index (χ2n) is 15.8. The quantitative estimate of drug-likeness (QED) is 0.169. The maximum atomic E-state index is 2.31. The fourth-order valence-electron chi connectivity index (χ4n) is 7.26. The van der Waals surface area contributed by atoms with E-state index in [0.717, 1.165) is 6.42 Å². The summed E-state index contributed by atoms with van der Waals surface area (Å²) in [5, 5.41) is 0. The van der Waals surface area contributed by atoms with E-state index in [2.05, 4.69) is 239 Å². The number of hydrogen-bond acceptors (Lipinski definition) is 0. The standard InChI is InChI=1S/C16H16.2C14H14.C12H16/c1-11-8-9-15-13(10-11)12-6-4-5-7-14(12)16(15,2)3;1-11-3-7-13(8-4-11)14-9-5-12(2)6-10-14;1-11-7-3-5-9-13(11)14-10-6-4-8-12(14)2;1-4-5-6-12-9-10(2)7-8-11(12)3/h4-10H,1-3H3;2*3-10H,1-2H3;5-9H,4H2,1-3H3/b;;;6-5-. The van der Waals surface area contributed by atoms with Crippen molar-refractivity contribution in [3.05, 3.63) is 219 Å². The van der Waals surface area contributed by atoms with Crippen LogP contribution in [0.3, 0.4) is 0 Å². The van der Waals surface area contributed by atoms with Gasteiger partial charge in [0.2, 0.25) is 0 Å². The highest BCUT2D eigenvalue weighted by atomic mass is 14.4. The largest absolute Gasteiger partial charge is 0.0842 e. The van der Waals surface area contributed by atoms with Crippen LogP contribution < -0.4 is 0 Å². The molecule has 56 heavy (non-hydrogen) atoms. The fraction of sp³-hybridized carbons (Fsp3) is 0.214. The lowest BCUT2D eigenvalue weighted by atomic mass is 9.82. The zero-order valence-corrected chi connectivity index (χ0v) is 35.4. The molecule has 0 spiro atoms. The van der Waals surface area contributed by atoms with Gasteiger partial charge in [0.25, 0.3) is 0 Å². The van der Waals surface area contributed by atoms with Crippen LogP contribution in [0, 0.1) is 48.5 Å². The molecule has 0 amide bonds. The Kier molecular flexibility index (Phi) is 14.2. The molecule has 0 aliphatic heterocycles. The lowest BCUT2D eigenvalue weighted by molar-refractivity contribution is 0.660. The normalized spacial score (nSPS) is 11.9. The molecule has 0 heteroatoms. The van der Waals surface area contributed by atoms with Gasteiger partial charge in [-0.25, -0.2) is 0 Å². The minimum absolute atomic E-state index is 0.152. The van der Waals surface area contributed by atoms with E-state index in [1.165, 1.54) is 89.0 Å². The van der Waals surface area contributed by atoms with Crippen molar-refractivity contribution in [2.75, 3.05) is 0 Å². The Morgan fingerprint density at radius 1 is 0.393 bits per heavy atom. The molecule has 0 unspecified atom stereocenters. The van der Waals surface area contributed by atoms with Gasteiger partial charge in [-0.15, -0.1) is 0 Å². The molecule has 0 N–H and O–H groups in total. The molecule has 1 aliphatic rings. The number of aryl methyl sites for hydroxylation is 7. The molecule has 0 radical (unpaired) electrons. The molecular formula is C56H60. The Bertz CT molecular complexity index is 2280. The third-order valence-corrected chi connectivity index (χ3v) is 10.7. The molecular weight excluding hydrogens is 673 g/mol. The molecule has 0 saturated heterocycles. The molecule has 0 fully saturated rings. The molecule has 0 atom stereocenters. The summed E-state index contributed by atoms with van der Waals surface area (Å²) in [4.78, 5) is 0. The second-order valence-corrected chi connectivity index (χ2v) is 15.8. The zero-order valence-electron chi connectivity index (χ0n) is 35.4. The van der Waals surface area contributed by atoms with Crippen LogP contribution >= 0.6 is 0 Å². The highest BCUT2D eigenvalue weighted by Crippen LogP contribution is 2.48. The molecule has 0 bridgehead atoms. The van der Waals surface area contributed by atoms with E-state index >= 15 is 0 Å². The molecule has 0 nitrogen and oxygen atoms in total. The Labute approximate surface area is 338 Å². The van der Waals surface area contributed by atoms with Crippen molar-refractivity contribution in [1.82, 2.24) is 0 Å². The maximum absolute atomic E-state index is 2.31. The van der Waals surface area contributed by atoms with Crippen molar-refractivity contribution in [2.45, 2.75) is 81.1 Å². The van der Waals surface area contributed by atoms with Gasteiger partial charge < -0.3 is 0 Å². The monoisotopic (exact) mass is 732 g/mol. The van der Waals surface area contributed by atoms with Crippen molar-refractivity contribution in [3.8, 4) is 33.4 Å². The Balaban J connectivity index is 0.000000144. The SMILES string of the molecule is CC/C=C\c1cc(C)ccc1C.Cc1ccc(-c2ccc(C)cc2)cc1.Cc1ccc2c(c1)-c1ccccc1C2(C)C.Cc1ccccc1-c1ccccc1C. The summed E-state index contributed by atoms with van der Waals surface area (Å²) in [5.74, 6) is 0. The smallest absolute Gasteiger partial charge is 0.0158 e. The lowest BCUT2D eigenvalue weighted by Gasteiger charge is -2.21. The van der Waals surface area contributed by atoms with Gasteiger partial charge >= 0.3 is 0 Å². The van der Waals surface area contributed by atoms with Gasteiger partial charge in [0.15, 0.2) is 0 Å². The fourth-order valence-corrected chi connectivity index (χ4v) is 7.26. The first-order valence-electron chi connectivity index (χ1n) is 20.1. The Morgan fingerprint density at radius 3 is 1.34 bits per heavy atom. The Hall–Kier alpha value is -5.72. The first-order chi connectivity index (χ1) is 26.9. The molecule has 0 heterocycles. The average Bonchev–Trinajstić information content (AvgIpc) is 3.42. The van der Waals surface area contributed by atoms with Crippen LogP contribution in [0.1, 0.15) is 82.8 Å². The van der Waals surface area contributed by atoms with E-state index in [4.69, 9.17) is 0 Å². The molecule has 0 saturated carbocycles. The van der Waals surface area contributed by atoms with E-state index < -0.39 is 0 Å². The highest BCUT2D eigenvalue weighted by Gasteiger charge is 2.34. The minimum Gasteiger partial charge on any atom is -0.0842 e. The molecule has 7 aromatic rings.